The topological polar surface area (TPSA) is 85.8 Å². The number of rotatable bonds is 14. The number of nitrogens with two attached hydrogens (primary N) is 1. The molecule has 0 saturated carbocycles. The molecule has 1 aromatic carbocycles. The number of benzene rings is 1. The summed E-state index contributed by atoms with van der Waals surface area (Å²) >= 11 is 0. The van der Waals surface area contributed by atoms with Crippen LogP contribution in [0.3, 0.4) is 0 Å². The van der Waals surface area contributed by atoms with E-state index in [-0.39, 0.29) is 11.8 Å². The molecule has 1 amide bonds. The Morgan fingerprint density at radius 3 is 2.38 bits per heavy atom. The maximum absolute atomic E-state index is 11.2. The third-order valence-electron chi connectivity index (χ3n) is 6.38. The number of nitrogens with one attached hydrogen (secondary N) is 1. The first-order valence-corrected chi connectivity index (χ1v) is 12.3. The van der Waals surface area contributed by atoms with E-state index in [9.17, 15) is 4.79 Å². The summed E-state index contributed by atoms with van der Waals surface area (Å²) in [5.41, 5.74) is 10.2. The van der Waals surface area contributed by atoms with Crippen molar-refractivity contribution < 1.29 is 4.79 Å². The van der Waals surface area contributed by atoms with Crippen molar-refractivity contribution in [2.75, 3.05) is 13.6 Å². The lowest BCUT2D eigenvalue weighted by Gasteiger charge is -2.12. The van der Waals surface area contributed by atoms with Gasteiger partial charge in [0.25, 0.3) is 0 Å². The molecule has 0 bridgehead atoms. The largest absolute Gasteiger partial charge is 0.359 e. The monoisotopic (exact) mass is 437 g/mol. The second kappa shape index (κ2) is 12.5. The van der Waals surface area contributed by atoms with Crippen LogP contribution in [0.15, 0.2) is 30.6 Å². The fourth-order valence-electron chi connectivity index (χ4n) is 4.36. The van der Waals surface area contributed by atoms with Gasteiger partial charge < -0.3 is 15.6 Å². The summed E-state index contributed by atoms with van der Waals surface area (Å²) in [6, 6.07) is 8.35. The summed E-state index contributed by atoms with van der Waals surface area (Å²) in [7, 11) is 1.70. The fraction of sp³-hybridized carbons (Fsp3) is 0.577. The molecule has 0 saturated heterocycles. The third-order valence-corrected chi connectivity index (χ3v) is 6.38. The first kappa shape index (κ1) is 24.2. The zero-order valence-corrected chi connectivity index (χ0v) is 19.8. The summed E-state index contributed by atoms with van der Waals surface area (Å²) in [6.45, 7) is 3.68. The van der Waals surface area contributed by atoms with Crippen molar-refractivity contribution in [1.82, 2.24) is 19.9 Å². The number of imidazole rings is 1. The van der Waals surface area contributed by atoms with E-state index in [1.807, 2.05) is 12.4 Å². The standard InChI is InChI=1S/C26H39N5O/c1-20(18-27)24-25-26(21-14-11-12-15-22(21)30-24)31(19-29-25)17-13-9-7-5-3-4-6-8-10-16-23(32)28-2/h11-12,14-15,19-20H,3-10,13,16-18,27H2,1-2H3,(H,28,32). The van der Waals surface area contributed by atoms with Crippen LogP contribution >= 0.6 is 0 Å². The lowest BCUT2D eigenvalue weighted by Crippen LogP contribution is -2.16. The van der Waals surface area contributed by atoms with Gasteiger partial charge in [-0.05, 0) is 18.9 Å². The molecular weight excluding hydrogens is 398 g/mol. The van der Waals surface area contributed by atoms with Crippen molar-refractivity contribution in [1.29, 1.82) is 0 Å². The number of carbonyl (C=O) groups is 1. The minimum Gasteiger partial charge on any atom is -0.359 e. The van der Waals surface area contributed by atoms with Gasteiger partial charge in [-0.1, -0.05) is 70.1 Å². The van der Waals surface area contributed by atoms with Gasteiger partial charge in [-0.3, -0.25) is 9.78 Å². The minimum absolute atomic E-state index is 0.157. The van der Waals surface area contributed by atoms with Crippen molar-refractivity contribution in [3.8, 4) is 0 Å². The Bertz CT molecular complexity index is 996. The van der Waals surface area contributed by atoms with E-state index in [0.29, 0.717) is 13.0 Å². The number of amides is 1. The van der Waals surface area contributed by atoms with Crippen LogP contribution in [0.4, 0.5) is 0 Å². The van der Waals surface area contributed by atoms with E-state index in [4.69, 9.17) is 15.7 Å². The minimum atomic E-state index is 0.157. The second-order valence-electron chi connectivity index (χ2n) is 8.89. The number of para-hydroxylation sites is 1. The Hall–Kier alpha value is -2.47. The van der Waals surface area contributed by atoms with Crippen LogP contribution in [0.2, 0.25) is 0 Å². The van der Waals surface area contributed by atoms with Crippen molar-refractivity contribution in [2.24, 2.45) is 5.73 Å². The molecular formula is C26H39N5O. The van der Waals surface area contributed by atoms with Gasteiger partial charge in [0.2, 0.25) is 5.91 Å². The number of unbranched alkanes of at least 4 members (excludes halogenated alkanes) is 8. The average Bonchev–Trinajstić information content (AvgIpc) is 3.25. The zero-order valence-electron chi connectivity index (χ0n) is 19.8. The number of hydrogen-bond donors (Lipinski definition) is 2. The molecule has 0 aliphatic heterocycles. The lowest BCUT2D eigenvalue weighted by molar-refractivity contribution is -0.120. The molecule has 0 aliphatic carbocycles. The number of pyridine rings is 1. The second-order valence-corrected chi connectivity index (χ2v) is 8.89. The molecule has 3 N–H and O–H groups in total. The third kappa shape index (κ3) is 6.28. The van der Waals surface area contributed by atoms with E-state index in [1.165, 1.54) is 49.4 Å². The molecule has 3 aromatic rings. The van der Waals surface area contributed by atoms with Crippen LogP contribution < -0.4 is 11.1 Å². The van der Waals surface area contributed by atoms with Crippen molar-refractivity contribution in [2.45, 2.75) is 83.6 Å². The van der Waals surface area contributed by atoms with E-state index in [0.717, 1.165) is 42.5 Å². The summed E-state index contributed by atoms with van der Waals surface area (Å²) in [6.07, 6.45) is 13.6. The highest BCUT2D eigenvalue weighted by Gasteiger charge is 2.17. The molecule has 0 spiro atoms. The molecule has 3 rings (SSSR count). The van der Waals surface area contributed by atoms with E-state index in [1.54, 1.807) is 7.05 Å². The van der Waals surface area contributed by atoms with Crippen molar-refractivity contribution in [3.05, 3.63) is 36.3 Å². The molecule has 1 unspecified atom stereocenters. The highest BCUT2D eigenvalue weighted by atomic mass is 16.1. The number of aromatic nitrogens is 3. The molecule has 0 radical (unpaired) electrons. The predicted molar refractivity (Wildman–Crippen MR) is 133 cm³/mol. The summed E-state index contributed by atoms with van der Waals surface area (Å²) in [5, 5.41) is 3.85. The quantitative estimate of drug-likeness (QED) is 0.335. The van der Waals surface area contributed by atoms with Crippen LogP contribution in [-0.2, 0) is 11.3 Å². The van der Waals surface area contributed by atoms with Crippen LogP contribution in [0.1, 0.15) is 82.7 Å². The number of aryl methyl sites for hydroxylation is 1. The maximum atomic E-state index is 11.2. The maximum Gasteiger partial charge on any atom is 0.219 e. The van der Waals surface area contributed by atoms with Crippen LogP contribution in [0.5, 0.6) is 0 Å². The predicted octanol–water partition coefficient (Wildman–Crippen LogP) is 5.29. The van der Waals surface area contributed by atoms with Gasteiger partial charge in [-0.2, -0.15) is 0 Å². The molecule has 6 nitrogen and oxygen atoms in total. The average molecular weight is 438 g/mol. The van der Waals surface area contributed by atoms with E-state index < -0.39 is 0 Å². The van der Waals surface area contributed by atoms with E-state index in [2.05, 4.69) is 35.0 Å². The molecule has 1 atom stereocenters. The van der Waals surface area contributed by atoms with Gasteiger partial charge in [0.05, 0.1) is 23.1 Å². The summed E-state index contributed by atoms with van der Waals surface area (Å²) in [4.78, 5) is 20.8. The van der Waals surface area contributed by atoms with Gasteiger partial charge in [0, 0.05) is 37.9 Å². The Labute approximate surface area is 192 Å². The fourth-order valence-corrected chi connectivity index (χ4v) is 4.36. The molecule has 2 aromatic heterocycles. The highest BCUT2D eigenvalue weighted by molar-refractivity contribution is 6.03. The molecule has 0 fully saturated rings. The number of fused-ring (bicyclic) bond motifs is 3. The Morgan fingerprint density at radius 1 is 1.03 bits per heavy atom. The molecule has 174 valence electrons. The number of carbonyl (C=O) groups excluding carboxylic acids is 1. The van der Waals surface area contributed by atoms with Gasteiger partial charge in [-0.15, -0.1) is 0 Å². The molecule has 32 heavy (non-hydrogen) atoms. The van der Waals surface area contributed by atoms with Crippen molar-refractivity contribution >= 4 is 27.8 Å². The first-order valence-electron chi connectivity index (χ1n) is 12.3. The van der Waals surface area contributed by atoms with Crippen LogP contribution in [0.25, 0.3) is 21.9 Å². The first-order chi connectivity index (χ1) is 15.7. The number of nitrogens with zero attached hydrogens (tertiary/aromatic N) is 3. The van der Waals surface area contributed by atoms with Gasteiger partial charge >= 0.3 is 0 Å². The number of hydrogen-bond acceptors (Lipinski definition) is 4. The summed E-state index contributed by atoms with van der Waals surface area (Å²) in [5.74, 6) is 0.347. The van der Waals surface area contributed by atoms with Crippen LogP contribution in [0, 0.1) is 0 Å². The van der Waals surface area contributed by atoms with Gasteiger partial charge in [0.1, 0.15) is 5.52 Å². The molecule has 2 heterocycles. The molecule has 6 heteroatoms. The smallest absolute Gasteiger partial charge is 0.219 e. The Kier molecular flexibility index (Phi) is 9.47. The zero-order chi connectivity index (χ0) is 22.8. The van der Waals surface area contributed by atoms with Gasteiger partial charge in [-0.25, -0.2) is 4.98 Å². The normalized spacial score (nSPS) is 12.5. The van der Waals surface area contributed by atoms with Crippen molar-refractivity contribution in [3.63, 3.8) is 0 Å². The lowest BCUT2D eigenvalue weighted by atomic mass is 10.0. The SMILES string of the molecule is CNC(=O)CCCCCCCCCCCn1cnc2c(C(C)CN)nc3ccccc3c21. The summed E-state index contributed by atoms with van der Waals surface area (Å²) < 4.78 is 2.30. The Morgan fingerprint density at radius 2 is 1.69 bits per heavy atom. The van der Waals surface area contributed by atoms with Gasteiger partial charge in [0.15, 0.2) is 0 Å². The van der Waals surface area contributed by atoms with E-state index >= 15 is 0 Å². The molecule has 0 aliphatic rings. The Balaban J connectivity index is 1.46. The highest BCUT2D eigenvalue weighted by Crippen LogP contribution is 2.29. The van der Waals surface area contributed by atoms with Crippen LogP contribution in [-0.4, -0.2) is 34.0 Å².